The topological polar surface area (TPSA) is 48.1 Å². The summed E-state index contributed by atoms with van der Waals surface area (Å²) in [6.07, 6.45) is 7.02. The molecule has 0 radical (unpaired) electrons. The van der Waals surface area contributed by atoms with Crippen LogP contribution in [-0.4, -0.2) is 41.0 Å². The molecule has 2 N–H and O–H groups in total. The molecule has 2 heterocycles. The number of fused-ring (bicyclic) bond motifs is 1. The number of piperidine rings is 1. The lowest BCUT2D eigenvalue weighted by Gasteiger charge is -2.38. The minimum Gasteiger partial charge on any atom is -0.351 e. The average Bonchev–Trinajstić information content (AvgIpc) is 3.42. The maximum atomic E-state index is 13.0. The number of aromatic amines is 1. The monoisotopic (exact) mass is 449 g/mol. The lowest BCUT2D eigenvalue weighted by Crippen LogP contribution is -2.51. The van der Waals surface area contributed by atoms with E-state index in [0.29, 0.717) is 11.7 Å². The van der Waals surface area contributed by atoms with Crippen molar-refractivity contribution in [3.63, 3.8) is 0 Å². The molecule has 5 heteroatoms. The SMILES string of the molecule is Cc1ccc2[nH]c(C(=O)N[C@@H]3CCC[C@H]3N3CCC(Cc4ccc(Cl)cc4)CC3)cc2c1. The summed E-state index contributed by atoms with van der Waals surface area (Å²) >= 11 is 6.02. The van der Waals surface area contributed by atoms with Gasteiger partial charge in [-0.3, -0.25) is 9.69 Å². The number of nitrogens with zero attached hydrogens (tertiary/aromatic N) is 1. The minimum atomic E-state index is 0.0216. The molecule has 2 fully saturated rings. The molecule has 0 unspecified atom stereocenters. The zero-order valence-corrected chi connectivity index (χ0v) is 19.5. The van der Waals surface area contributed by atoms with Crippen LogP contribution in [0.5, 0.6) is 0 Å². The molecule has 1 saturated heterocycles. The Hall–Kier alpha value is -2.30. The zero-order valence-electron chi connectivity index (χ0n) is 18.7. The van der Waals surface area contributed by atoms with E-state index in [1.54, 1.807) is 0 Å². The van der Waals surface area contributed by atoms with Crippen LogP contribution in [0.4, 0.5) is 0 Å². The number of carbonyl (C=O) groups excluding carboxylic acids is 1. The van der Waals surface area contributed by atoms with Crippen molar-refractivity contribution in [1.82, 2.24) is 15.2 Å². The fourth-order valence-electron chi connectivity index (χ4n) is 5.61. The van der Waals surface area contributed by atoms with E-state index < -0.39 is 0 Å². The third-order valence-corrected chi connectivity index (χ3v) is 7.62. The van der Waals surface area contributed by atoms with Crippen LogP contribution in [0, 0.1) is 12.8 Å². The highest BCUT2D eigenvalue weighted by molar-refractivity contribution is 6.30. The van der Waals surface area contributed by atoms with Crippen LogP contribution in [-0.2, 0) is 6.42 Å². The quantitative estimate of drug-likeness (QED) is 0.522. The van der Waals surface area contributed by atoms with Crippen molar-refractivity contribution in [1.29, 1.82) is 0 Å². The normalized spacial score (nSPS) is 22.4. The van der Waals surface area contributed by atoms with Gasteiger partial charge in [0.1, 0.15) is 5.69 Å². The summed E-state index contributed by atoms with van der Waals surface area (Å²) in [5, 5.41) is 5.25. The van der Waals surface area contributed by atoms with Gasteiger partial charge in [-0.25, -0.2) is 0 Å². The van der Waals surface area contributed by atoms with Crippen molar-refractivity contribution in [3.8, 4) is 0 Å². The molecular weight excluding hydrogens is 418 g/mol. The Morgan fingerprint density at radius 3 is 2.62 bits per heavy atom. The molecule has 1 aromatic heterocycles. The molecule has 4 nitrogen and oxygen atoms in total. The van der Waals surface area contributed by atoms with E-state index >= 15 is 0 Å². The smallest absolute Gasteiger partial charge is 0.268 e. The van der Waals surface area contributed by atoms with Crippen LogP contribution < -0.4 is 5.32 Å². The lowest BCUT2D eigenvalue weighted by molar-refractivity contribution is 0.0858. The number of H-pyrrole nitrogens is 1. The molecule has 2 atom stereocenters. The Morgan fingerprint density at radius 1 is 1.06 bits per heavy atom. The molecule has 2 aliphatic rings. The summed E-state index contributed by atoms with van der Waals surface area (Å²) < 4.78 is 0. The predicted octanol–water partition coefficient (Wildman–Crippen LogP) is 5.74. The van der Waals surface area contributed by atoms with Crippen molar-refractivity contribution in [3.05, 3.63) is 70.4 Å². The molecule has 32 heavy (non-hydrogen) atoms. The summed E-state index contributed by atoms with van der Waals surface area (Å²) in [5.41, 5.74) is 4.27. The predicted molar refractivity (Wildman–Crippen MR) is 131 cm³/mol. The second kappa shape index (κ2) is 9.29. The fourth-order valence-corrected chi connectivity index (χ4v) is 5.73. The molecule has 0 spiro atoms. The van der Waals surface area contributed by atoms with Crippen molar-refractivity contribution in [2.24, 2.45) is 5.92 Å². The fraction of sp³-hybridized carbons (Fsp3) is 0.444. The zero-order chi connectivity index (χ0) is 22.1. The molecule has 1 amide bonds. The number of carbonyl (C=O) groups is 1. The standard InChI is InChI=1S/C27H32ClN3O/c1-18-5-10-23-21(15-18)17-25(29-23)27(32)30-24-3-2-4-26(24)31-13-11-20(12-14-31)16-19-6-8-22(28)9-7-19/h5-10,15,17,20,24,26,29H,2-4,11-14,16H2,1H3,(H,30,32)/t24-,26-/m1/s1. The first-order valence-corrected chi connectivity index (χ1v) is 12.3. The Bertz CT molecular complexity index is 1080. The first kappa shape index (κ1) is 21.5. The maximum Gasteiger partial charge on any atom is 0.268 e. The summed E-state index contributed by atoms with van der Waals surface area (Å²) in [5.74, 6) is 0.755. The van der Waals surface area contributed by atoms with Crippen LogP contribution >= 0.6 is 11.6 Å². The van der Waals surface area contributed by atoms with Crippen molar-refractivity contribution in [2.75, 3.05) is 13.1 Å². The molecular formula is C27H32ClN3O. The Balaban J connectivity index is 1.17. The van der Waals surface area contributed by atoms with Crippen LogP contribution in [0.3, 0.4) is 0 Å². The number of likely N-dealkylation sites (tertiary alicyclic amines) is 1. The summed E-state index contributed by atoms with van der Waals surface area (Å²) in [6, 6.07) is 17.2. The van der Waals surface area contributed by atoms with E-state index in [0.717, 1.165) is 47.8 Å². The van der Waals surface area contributed by atoms with E-state index in [1.165, 1.54) is 36.8 Å². The molecule has 5 rings (SSSR count). The van der Waals surface area contributed by atoms with Gasteiger partial charge in [0.15, 0.2) is 0 Å². The second-order valence-electron chi connectivity index (χ2n) is 9.66. The number of benzene rings is 2. The first-order chi connectivity index (χ1) is 15.5. The molecule has 1 aliphatic carbocycles. The van der Waals surface area contributed by atoms with Crippen LogP contribution in [0.1, 0.15) is 53.7 Å². The molecule has 3 aromatic rings. The third kappa shape index (κ3) is 4.72. The van der Waals surface area contributed by atoms with Gasteiger partial charge >= 0.3 is 0 Å². The first-order valence-electron chi connectivity index (χ1n) is 11.9. The Labute approximate surface area is 195 Å². The highest BCUT2D eigenvalue weighted by Crippen LogP contribution is 2.30. The van der Waals surface area contributed by atoms with E-state index in [4.69, 9.17) is 11.6 Å². The Kier molecular flexibility index (Phi) is 6.25. The average molecular weight is 450 g/mol. The lowest BCUT2D eigenvalue weighted by atomic mass is 9.89. The number of aromatic nitrogens is 1. The van der Waals surface area contributed by atoms with Gasteiger partial charge in [0.2, 0.25) is 0 Å². The number of rotatable bonds is 5. The molecule has 1 aliphatic heterocycles. The number of amides is 1. The van der Waals surface area contributed by atoms with Crippen LogP contribution in [0.15, 0.2) is 48.5 Å². The molecule has 168 valence electrons. The molecule has 1 saturated carbocycles. The van der Waals surface area contributed by atoms with Gasteiger partial charge in [-0.05, 0) is 100 Å². The van der Waals surface area contributed by atoms with Crippen molar-refractivity contribution >= 4 is 28.4 Å². The van der Waals surface area contributed by atoms with E-state index in [-0.39, 0.29) is 11.9 Å². The third-order valence-electron chi connectivity index (χ3n) is 7.37. The van der Waals surface area contributed by atoms with Crippen LogP contribution in [0.25, 0.3) is 10.9 Å². The highest BCUT2D eigenvalue weighted by Gasteiger charge is 2.35. The van der Waals surface area contributed by atoms with Gasteiger partial charge in [0.05, 0.1) is 0 Å². The molecule has 0 bridgehead atoms. The second-order valence-corrected chi connectivity index (χ2v) is 10.1. The van der Waals surface area contributed by atoms with E-state index in [2.05, 4.69) is 46.4 Å². The van der Waals surface area contributed by atoms with E-state index in [9.17, 15) is 4.79 Å². The van der Waals surface area contributed by atoms with Gasteiger partial charge in [0.25, 0.3) is 5.91 Å². The minimum absolute atomic E-state index is 0.0216. The van der Waals surface area contributed by atoms with Gasteiger partial charge in [0, 0.05) is 28.0 Å². The summed E-state index contributed by atoms with van der Waals surface area (Å²) in [4.78, 5) is 18.9. The van der Waals surface area contributed by atoms with Gasteiger partial charge < -0.3 is 10.3 Å². The Morgan fingerprint density at radius 2 is 1.84 bits per heavy atom. The highest BCUT2D eigenvalue weighted by atomic mass is 35.5. The number of hydrogen-bond acceptors (Lipinski definition) is 2. The summed E-state index contributed by atoms with van der Waals surface area (Å²) in [7, 11) is 0. The number of nitrogens with one attached hydrogen (secondary N) is 2. The number of aryl methyl sites for hydroxylation is 1. The maximum absolute atomic E-state index is 13.0. The van der Waals surface area contributed by atoms with Gasteiger partial charge in [-0.15, -0.1) is 0 Å². The van der Waals surface area contributed by atoms with Crippen LogP contribution in [0.2, 0.25) is 5.02 Å². The molecule has 2 aromatic carbocycles. The number of halogens is 1. The van der Waals surface area contributed by atoms with Gasteiger partial charge in [-0.2, -0.15) is 0 Å². The largest absolute Gasteiger partial charge is 0.351 e. The summed E-state index contributed by atoms with van der Waals surface area (Å²) in [6.45, 7) is 4.33. The van der Waals surface area contributed by atoms with Gasteiger partial charge in [-0.1, -0.05) is 35.4 Å². The van der Waals surface area contributed by atoms with E-state index in [1.807, 2.05) is 24.3 Å². The van der Waals surface area contributed by atoms with Crippen molar-refractivity contribution in [2.45, 2.75) is 57.5 Å². The van der Waals surface area contributed by atoms with Crippen molar-refractivity contribution < 1.29 is 4.79 Å². The number of hydrogen-bond donors (Lipinski definition) is 2.